The first kappa shape index (κ1) is 16.8. The van der Waals surface area contributed by atoms with Gasteiger partial charge in [-0.1, -0.05) is 0 Å². The number of ether oxygens (including phenoxy) is 1. The van der Waals surface area contributed by atoms with Gasteiger partial charge in [-0.05, 0) is 39.0 Å². The molecule has 0 radical (unpaired) electrons. The predicted molar refractivity (Wildman–Crippen MR) is 92.6 cm³/mol. The molecule has 0 atom stereocenters. The highest BCUT2D eigenvalue weighted by atomic mass is 16.6. The molecular weight excluding hydrogens is 320 g/mol. The first-order valence-corrected chi connectivity index (χ1v) is 7.83. The Morgan fingerprint density at radius 2 is 1.92 bits per heavy atom. The SMILES string of the molecule is Cn1cc(-c2cc(O)ccc2-n2cc(C(=O)OC(C)(C)C)cn2)cn1. The molecule has 0 bridgehead atoms. The van der Waals surface area contributed by atoms with Gasteiger partial charge >= 0.3 is 5.97 Å². The summed E-state index contributed by atoms with van der Waals surface area (Å²) in [6, 6.07) is 4.95. The maximum Gasteiger partial charge on any atom is 0.341 e. The lowest BCUT2D eigenvalue weighted by Gasteiger charge is -2.18. The van der Waals surface area contributed by atoms with Crippen molar-refractivity contribution in [3.63, 3.8) is 0 Å². The maximum absolute atomic E-state index is 12.2. The van der Waals surface area contributed by atoms with Crippen LogP contribution in [0.2, 0.25) is 0 Å². The minimum Gasteiger partial charge on any atom is -0.508 e. The Balaban J connectivity index is 1.99. The standard InChI is InChI=1S/C18H20N4O3/c1-18(2,3)25-17(24)13-9-20-22(11-13)16-6-5-14(23)7-15(16)12-8-19-21(4)10-12/h5-11,23H,1-4H3. The van der Waals surface area contributed by atoms with Gasteiger partial charge in [0.25, 0.3) is 0 Å². The lowest BCUT2D eigenvalue weighted by molar-refractivity contribution is 0.00695. The minimum absolute atomic E-state index is 0.141. The fraction of sp³-hybridized carbons (Fsp3) is 0.278. The normalized spacial score (nSPS) is 11.5. The number of aromatic hydroxyl groups is 1. The monoisotopic (exact) mass is 340 g/mol. The lowest BCUT2D eigenvalue weighted by atomic mass is 10.1. The second-order valence-corrected chi connectivity index (χ2v) is 6.78. The van der Waals surface area contributed by atoms with Crippen LogP contribution >= 0.6 is 0 Å². The van der Waals surface area contributed by atoms with Crippen molar-refractivity contribution in [2.75, 3.05) is 0 Å². The molecule has 0 unspecified atom stereocenters. The Kier molecular flexibility index (Phi) is 4.08. The molecule has 1 aromatic carbocycles. The summed E-state index contributed by atoms with van der Waals surface area (Å²) in [7, 11) is 1.82. The first-order valence-electron chi connectivity index (χ1n) is 7.83. The number of phenols is 1. The summed E-state index contributed by atoms with van der Waals surface area (Å²) in [4.78, 5) is 12.2. The zero-order valence-corrected chi connectivity index (χ0v) is 14.6. The summed E-state index contributed by atoms with van der Waals surface area (Å²) >= 11 is 0. The van der Waals surface area contributed by atoms with Crippen LogP contribution in [0.4, 0.5) is 0 Å². The van der Waals surface area contributed by atoms with Crippen LogP contribution in [0.15, 0.2) is 43.0 Å². The van der Waals surface area contributed by atoms with Gasteiger partial charge in [-0.3, -0.25) is 4.68 Å². The predicted octanol–water partition coefficient (Wildman–Crippen LogP) is 2.93. The Labute approximate surface area is 145 Å². The van der Waals surface area contributed by atoms with E-state index in [1.165, 1.54) is 6.20 Å². The fourth-order valence-corrected chi connectivity index (χ4v) is 2.41. The zero-order chi connectivity index (χ0) is 18.2. The summed E-state index contributed by atoms with van der Waals surface area (Å²) in [5.41, 5.74) is 2.11. The van der Waals surface area contributed by atoms with Crippen LogP contribution in [0.25, 0.3) is 16.8 Å². The van der Waals surface area contributed by atoms with Gasteiger partial charge in [-0.25, -0.2) is 9.48 Å². The topological polar surface area (TPSA) is 82.2 Å². The lowest BCUT2D eigenvalue weighted by Crippen LogP contribution is -2.23. The number of aryl methyl sites for hydroxylation is 1. The average Bonchev–Trinajstić information content (AvgIpc) is 3.14. The number of phenolic OH excluding ortho intramolecular Hbond substituents is 1. The van der Waals surface area contributed by atoms with Crippen molar-refractivity contribution in [2.45, 2.75) is 26.4 Å². The molecule has 0 saturated carbocycles. The Morgan fingerprint density at radius 1 is 1.16 bits per heavy atom. The molecule has 2 heterocycles. The van der Waals surface area contributed by atoms with Gasteiger partial charge in [-0.2, -0.15) is 10.2 Å². The van der Waals surface area contributed by atoms with Gasteiger partial charge < -0.3 is 9.84 Å². The number of hydrogen-bond acceptors (Lipinski definition) is 5. The van der Waals surface area contributed by atoms with Crippen LogP contribution in [0.1, 0.15) is 31.1 Å². The number of aromatic nitrogens is 4. The number of benzene rings is 1. The number of carbonyl (C=O) groups excluding carboxylic acids is 1. The molecule has 7 nitrogen and oxygen atoms in total. The van der Waals surface area contributed by atoms with E-state index < -0.39 is 11.6 Å². The van der Waals surface area contributed by atoms with Crippen LogP contribution in [0.3, 0.4) is 0 Å². The van der Waals surface area contributed by atoms with Gasteiger partial charge in [0.05, 0.1) is 23.6 Å². The smallest absolute Gasteiger partial charge is 0.341 e. The molecule has 130 valence electrons. The molecule has 0 amide bonds. The quantitative estimate of drug-likeness (QED) is 0.741. The van der Waals surface area contributed by atoms with Crippen molar-refractivity contribution in [1.29, 1.82) is 0 Å². The molecule has 3 aromatic rings. The van der Waals surface area contributed by atoms with E-state index in [9.17, 15) is 9.90 Å². The molecule has 2 aromatic heterocycles. The summed E-state index contributed by atoms with van der Waals surface area (Å²) in [5.74, 6) is -0.289. The van der Waals surface area contributed by atoms with E-state index in [0.29, 0.717) is 5.56 Å². The van der Waals surface area contributed by atoms with E-state index >= 15 is 0 Å². The minimum atomic E-state index is -0.571. The molecule has 0 aliphatic heterocycles. The van der Waals surface area contributed by atoms with Crippen molar-refractivity contribution >= 4 is 5.97 Å². The van der Waals surface area contributed by atoms with Crippen molar-refractivity contribution in [1.82, 2.24) is 19.6 Å². The van der Waals surface area contributed by atoms with Gasteiger partial charge in [0.1, 0.15) is 11.4 Å². The molecule has 0 aliphatic rings. The highest BCUT2D eigenvalue weighted by molar-refractivity contribution is 5.89. The van der Waals surface area contributed by atoms with Crippen LogP contribution < -0.4 is 0 Å². The van der Waals surface area contributed by atoms with Gasteiger partial charge in [-0.15, -0.1) is 0 Å². The number of rotatable bonds is 3. The second kappa shape index (κ2) is 6.08. The first-order chi connectivity index (χ1) is 11.7. The number of carbonyl (C=O) groups is 1. The highest BCUT2D eigenvalue weighted by Crippen LogP contribution is 2.30. The number of nitrogens with zero attached hydrogens (tertiary/aromatic N) is 4. The van der Waals surface area contributed by atoms with Crippen molar-refractivity contribution in [3.05, 3.63) is 48.5 Å². The molecule has 1 N–H and O–H groups in total. The van der Waals surface area contributed by atoms with Crippen LogP contribution in [0.5, 0.6) is 5.75 Å². The van der Waals surface area contributed by atoms with E-state index in [-0.39, 0.29) is 5.75 Å². The average molecular weight is 340 g/mol. The third-order valence-corrected chi connectivity index (χ3v) is 3.46. The van der Waals surface area contributed by atoms with Crippen LogP contribution in [-0.2, 0) is 11.8 Å². The maximum atomic E-state index is 12.2. The van der Waals surface area contributed by atoms with Crippen molar-refractivity contribution < 1.29 is 14.6 Å². The van der Waals surface area contributed by atoms with Gasteiger partial charge in [0, 0.05) is 30.6 Å². The zero-order valence-electron chi connectivity index (χ0n) is 14.6. The highest BCUT2D eigenvalue weighted by Gasteiger charge is 2.20. The summed E-state index contributed by atoms with van der Waals surface area (Å²) in [6.45, 7) is 5.45. The van der Waals surface area contributed by atoms with E-state index in [1.54, 1.807) is 40.0 Å². The van der Waals surface area contributed by atoms with Crippen molar-refractivity contribution in [3.8, 4) is 22.6 Å². The molecule has 3 rings (SSSR count). The van der Waals surface area contributed by atoms with Gasteiger partial charge in [0.15, 0.2) is 0 Å². The largest absolute Gasteiger partial charge is 0.508 e. The van der Waals surface area contributed by atoms with E-state index in [4.69, 9.17) is 4.74 Å². The molecule has 0 spiro atoms. The Bertz CT molecular complexity index is 919. The Hall–Kier alpha value is -3.09. The Morgan fingerprint density at radius 3 is 2.56 bits per heavy atom. The molecule has 25 heavy (non-hydrogen) atoms. The van der Waals surface area contributed by atoms with Crippen LogP contribution in [0, 0.1) is 0 Å². The van der Waals surface area contributed by atoms with E-state index in [1.807, 2.05) is 34.0 Å². The van der Waals surface area contributed by atoms with Crippen LogP contribution in [-0.4, -0.2) is 36.2 Å². The number of esters is 1. The molecule has 7 heteroatoms. The molecular formula is C18H20N4O3. The van der Waals surface area contributed by atoms with E-state index in [2.05, 4.69) is 10.2 Å². The third kappa shape index (κ3) is 3.71. The third-order valence-electron chi connectivity index (χ3n) is 3.46. The molecule has 0 saturated heterocycles. The van der Waals surface area contributed by atoms with Crippen molar-refractivity contribution in [2.24, 2.45) is 7.05 Å². The number of hydrogen-bond donors (Lipinski definition) is 1. The molecule has 0 fully saturated rings. The summed E-state index contributed by atoms with van der Waals surface area (Å²) in [6.07, 6.45) is 6.63. The molecule has 0 aliphatic carbocycles. The fourth-order valence-electron chi connectivity index (χ4n) is 2.41. The van der Waals surface area contributed by atoms with E-state index in [0.717, 1.165) is 16.8 Å². The summed E-state index contributed by atoms with van der Waals surface area (Å²) in [5, 5.41) is 18.3. The van der Waals surface area contributed by atoms with Gasteiger partial charge in [0.2, 0.25) is 0 Å². The second-order valence-electron chi connectivity index (χ2n) is 6.78. The summed E-state index contributed by atoms with van der Waals surface area (Å²) < 4.78 is 8.63.